The van der Waals surface area contributed by atoms with Crippen molar-refractivity contribution in [1.82, 2.24) is 0 Å². The number of aliphatic carboxylic acids is 2. The Kier molecular flexibility index (Phi) is 25.0. The Balaban J connectivity index is -0.0000000787. The van der Waals surface area contributed by atoms with Crippen molar-refractivity contribution in [2.24, 2.45) is 5.73 Å². The minimum absolute atomic E-state index is 0.833. The fraction of sp³-hybridized carbons (Fsp3) is 0.600. The maximum atomic E-state index is 9.00. The summed E-state index contributed by atoms with van der Waals surface area (Å²) in [5, 5.41) is 14.8. The SMILES string of the molecule is CC(=O)O.CC(=O)O.CN. The molecule has 62 valence electrons. The van der Waals surface area contributed by atoms with Crippen LogP contribution in [0.2, 0.25) is 0 Å². The summed E-state index contributed by atoms with van der Waals surface area (Å²) in [6.07, 6.45) is 0. The van der Waals surface area contributed by atoms with Crippen LogP contribution < -0.4 is 5.73 Å². The molecule has 0 aliphatic rings. The standard InChI is InChI=1S/2C2H4O2.CH5N/c2*1-2(3)4;1-2/h2*1H3,(H,3,4);2H2,1H3. The first-order valence-electron chi connectivity index (χ1n) is 2.43. The van der Waals surface area contributed by atoms with Gasteiger partial charge in [0, 0.05) is 13.8 Å². The molecule has 10 heavy (non-hydrogen) atoms. The zero-order valence-corrected chi connectivity index (χ0v) is 6.29. The van der Waals surface area contributed by atoms with Gasteiger partial charge in [-0.05, 0) is 7.05 Å². The van der Waals surface area contributed by atoms with Crippen LogP contribution in [0.1, 0.15) is 13.8 Å². The first-order chi connectivity index (χ1) is 4.46. The first-order valence-corrected chi connectivity index (χ1v) is 2.43. The van der Waals surface area contributed by atoms with E-state index in [1.54, 1.807) is 0 Å². The fourth-order valence-electron chi connectivity index (χ4n) is 0. The molecule has 0 bridgehead atoms. The zero-order valence-electron chi connectivity index (χ0n) is 6.29. The quantitative estimate of drug-likeness (QED) is 0.443. The smallest absolute Gasteiger partial charge is 0.300 e. The van der Waals surface area contributed by atoms with Gasteiger partial charge in [0.2, 0.25) is 0 Å². The van der Waals surface area contributed by atoms with E-state index in [1.165, 1.54) is 7.05 Å². The molecule has 0 aromatic carbocycles. The number of hydrogen-bond acceptors (Lipinski definition) is 3. The molecule has 0 aromatic rings. The monoisotopic (exact) mass is 151 g/mol. The number of carbonyl (C=O) groups is 2. The van der Waals surface area contributed by atoms with Gasteiger partial charge < -0.3 is 15.9 Å². The maximum Gasteiger partial charge on any atom is 0.300 e. The van der Waals surface area contributed by atoms with Crippen LogP contribution in [0.15, 0.2) is 0 Å². The first kappa shape index (κ1) is 16.0. The van der Waals surface area contributed by atoms with Crippen LogP contribution in [-0.4, -0.2) is 29.2 Å². The Morgan fingerprint density at radius 3 is 1.00 bits per heavy atom. The third kappa shape index (κ3) is 199. The van der Waals surface area contributed by atoms with Gasteiger partial charge in [-0.15, -0.1) is 0 Å². The lowest BCUT2D eigenvalue weighted by Crippen LogP contribution is -1.78. The summed E-state index contributed by atoms with van der Waals surface area (Å²) < 4.78 is 0. The number of hydrogen-bond donors (Lipinski definition) is 3. The summed E-state index contributed by atoms with van der Waals surface area (Å²) in [7, 11) is 1.50. The lowest BCUT2D eigenvalue weighted by Gasteiger charge is -1.59. The van der Waals surface area contributed by atoms with Crippen molar-refractivity contribution in [3.05, 3.63) is 0 Å². The van der Waals surface area contributed by atoms with E-state index in [0.29, 0.717) is 0 Å². The van der Waals surface area contributed by atoms with Gasteiger partial charge in [0.05, 0.1) is 0 Å². The molecule has 5 nitrogen and oxygen atoms in total. The van der Waals surface area contributed by atoms with Gasteiger partial charge in [0.25, 0.3) is 11.9 Å². The molecule has 0 radical (unpaired) electrons. The highest BCUT2D eigenvalue weighted by Gasteiger charge is 1.65. The van der Waals surface area contributed by atoms with Gasteiger partial charge in [-0.2, -0.15) is 0 Å². The van der Waals surface area contributed by atoms with Crippen molar-refractivity contribution >= 4 is 11.9 Å². The number of nitrogens with two attached hydrogens (primary N) is 1. The van der Waals surface area contributed by atoms with Crippen molar-refractivity contribution in [3.63, 3.8) is 0 Å². The summed E-state index contributed by atoms with van der Waals surface area (Å²) in [5.41, 5.74) is 4.50. The number of carboxylic acid groups (broad SMARTS) is 2. The minimum atomic E-state index is -0.833. The van der Waals surface area contributed by atoms with Gasteiger partial charge in [-0.3, -0.25) is 9.59 Å². The summed E-state index contributed by atoms with van der Waals surface area (Å²) in [4.78, 5) is 18.0. The van der Waals surface area contributed by atoms with Gasteiger partial charge in [0.15, 0.2) is 0 Å². The molecule has 0 rings (SSSR count). The van der Waals surface area contributed by atoms with Crippen molar-refractivity contribution in [2.75, 3.05) is 7.05 Å². The predicted molar refractivity (Wildman–Crippen MR) is 36.7 cm³/mol. The molecular weight excluding hydrogens is 138 g/mol. The fourth-order valence-corrected chi connectivity index (χ4v) is 0. The van der Waals surface area contributed by atoms with Crippen LogP contribution in [0.25, 0.3) is 0 Å². The third-order valence-corrected chi connectivity index (χ3v) is 0. The summed E-state index contributed by atoms with van der Waals surface area (Å²) in [6, 6.07) is 0. The van der Waals surface area contributed by atoms with Gasteiger partial charge in [0.1, 0.15) is 0 Å². The maximum absolute atomic E-state index is 9.00. The summed E-state index contributed by atoms with van der Waals surface area (Å²) in [6.45, 7) is 2.17. The number of carboxylic acids is 2. The largest absolute Gasteiger partial charge is 0.481 e. The number of rotatable bonds is 0. The highest BCUT2D eigenvalue weighted by atomic mass is 16.4. The van der Waals surface area contributed by atoms with Crippen molar-refractivity contribution in [1.29, 1.82) is 0 Å². The highest BCUT2D eigenvalue weighted by molar-refractivity contribution is 5.63. The molecule has 5 heteroatoms. The molecule has 4 N–H and O–H groups in total. The Bertz CT molecular complexity index is 71.6. The van der Waals surface area contributed by atoms with Crippen LogP contribution >= 0.6 is 0 Å². The molecule has 0 atom stereocenters. The van der Waals surface area contributed by atoms with Crippen molar-refractivity contribution in [3.8, 4) is 0 Å². The highest BCUT2D eigenvalue weighted by Crippen LogP contribution is 1.42. The molecule has 0 aliphatic carbocycles. The summed E-state index contributed by atoms with van der Waals surface area (Å²) >= 11 is 0. The van der Waals surface area contributed by atoms with E-state index in [-0.39, 0.29) is 0 Å². The molecule has 0 amide bonds. The predicted octanol–water partition coefficient (Wildman–Crippen LogP) is -0.243. The second-order valence-corrected chi connectivity index (χ2v) is 1.04. The normalized spacial score (nSPS) is 5.60. The Labute approximate surface area is 59.5 Å². The second kappa shape index (κ2) is 15.7. The van der Waals surface area contributed by atoms with E-state index in [2.05, 4.69) is 5.73 Å². The molecule has 0 aliphatic heterocycles. The van der Waals surface area contributed by atoms with Crippen molar-refractivity contribution in [2.45, 2.75) is 13.8 Å². The van der Waals surface area contributed by atoms with Crippen LogP contribution in [-0.2, 0) is 9.59 Å². The molecule has 0 spiro atoms. The van der Waals surface area contributed by atoms with E-state index < -0.39 is 11.9 Å². The Morgan fingerprint density at radius 1 is 1.00 bits per heavy atom. The lowest BCUT2D eigenvalue weighted by atomic mass is 10.9. The minimum Gasteiger partial charge on any atom is -0.481 e. The topological polar surface area (TPSA) is 101 Å². The van der Waals surface area contributed by atoms with E-state index >= 15 is 0 Å². The Morgan fingerprint density at radius 2 is 1.00 bits per heavy atom. The molecule has 0 unspecified atom stereocenters. The van der Waals surface area contributed by atoms with E-state index in [1.807, 2.05) is 0 Å². The molecule has 0 saturated carbocycles. The lowest BCUT2D eigenvalue weighted by molar-refractivity contribution is -0.135. The summed E-state index contributed by atoms with van der Waals surface area (Å²) in [5.74, 6) is -1.67. The van der Waals surface area contributed by atoms with Gasteiger partial charge in [-0.25, -0.2) is 0 Å². The van der Waals surface area contributed by atoms with E-state index in [9.17, 15) is 0 Å². The average molecular weight is 151 g/mol. The van der Waals surface area contributed by atoms with Gasteiger partial charge in [-0.1, -0.05) is 0 Å². The third-order valence-electron chi connectivity index (χ3n) is 0. The average Bonchev–Trinajstić information content (AvgIpc) is 1.66. The van der Waals surface area contributed by atoms with Crippen LogP contribution in [0.4, 0.5) is 0 Å². The van der Waals surface area contributed by atoms with E-state index in [0.717, 1.165) is 13.8 Å². The van der Waals surface area contributed by atoms with Gasteiger partial charge >= 0.3 is 0 Å². The van der Waals surface area contributed by atoms with Crippen LogP contribution in [0, 0.1) is 0 Å². The van der Waals surface area contributed by atoms with Crippen molar-refractivity contribution < 1.29 is 19.8 Å². The van der Waals surface area contributed by atoms with Crippen LogP contribution in [0.3, 0.4) is 0 Å². The zero-order chi connectivity index (χ0) is 9.15. The molecular formula is C5H13NO4. The Hall–Kier alpha value is -1.10. The molecule has 0 fully saturated rings. The second-order valence-electron chi connectivity index (χ2n) is 1.04. The molecule has 0 heterocycles. The molecule has 0 aromatic heterocycles. The van der Waals surface area contributed by atoms with Crippen LogP contribution in [0.5, 0.6) is 0 Å². The molecule has 0 saturated heterocycles. The van der Waals surface area contributed by atoms with E-state index in [4.69, 9.17) is 19.8 Å².